The van der Waals surface area contributed by atoms with Crippen molar-refractivity contribution in [2.24, 2.45) is 0 Å². The number of halogens is 1. The lowest BCUT2D eigenvalue weighted by molar-refractivity contribution is -0.139. The number of hydrogen-bond donors (Lipinski definition) is 1. The van der Waals surface area contributed by atoms with E-state index in [2.05, 4.69) is 9.72 Å². The Morgan fingerprint density at radius 1 is 1.62 bits per heavy atom. The van der Waals surface area contributed by atoms with Gasteiger partial charge in [0.25, 0.3) is 0 Å². The van der Waals surface area contributed by atoms with Gasteiger partial charge in [-0.2, -0.15) is 0 Å². The quantitative estimate of drug-likeness (QED) is 0.567. The molecule has 0 atom stereocenters. The second-order valence-electron chi connectivity index (χ2n) is 2.45. The Labute approximate surface area is 79.5 Å². The number of carbonyl (C=O) groups is 1. The van der Waals surface area contributed by atoms with E-state index in [9.17, 15) is 9.59 Å². The average molecular weight is 202 g/mol. The van der Waals surface area contributed by atoms with Crippen molar-refractivity contribution >= 4 is 17.6 Å². The third kappa shape index (κ3) is 2.91. The van der Waals surface area contributed by atoms with Gasteiger partial charge in [0.05, 0.1) is 13.5 Å². The molecule has 5 heteroatoms. The number of methoxy groups -OCH3 is 1. The van der Waals surface area contributed by atoms with E-state index in [0.717, 1.165) is 0 Å². The molecule has 1 rings (SSSR count). The maximum absolute atomic E-state index is 10.9. The van der Waals surface area contributed by atoms with Crippen LogP contribution in [0.15, 0.2) is 16.9 Å². The molecule has 0 bridgehead atoms. The summed E-state index contributed by atoms with van der Waals surface area (Å²) in [5.41, 5.74) is 0.215. The van der Waals surface area contributed by atoms with Crippen LogP contribution in [-0.2, 0) is 16.0 Å². The van der Waals surface area contributed by atoms with E-state index < -0.39 is 5.97 Å². The SMILES string of the molecule is COC(=O)Cc1cc(Cl)[nH]c(=O)c1. The van der Waals surface area contributed by atoms with Gasteiger partial charge in [0, 0.05) is 6.07 Å². The smallest absolute Gasteiger partial charge is 0.309 e. The third-order valence-electron chi connectivity index (χ3n) is 1.45. The van der Waals surface area contributed by atoms with Crippen LogP contribution in [0.25, 0.3) is 0 Å². The molecular weight excluding hydrogens is 194 g/mol. The zero-order valence-electron chi connectivity index (χ0n) is 6.96. The standard InChI is InChI=1S/C8H8ClNO3/c1-13-8(12)4-5-2-6(9)10-7(11)3-5/h2-3H,4H2,1H3,(H,10,11). The molecule has 1 aromatic rings. The molecule has 0 aliphatic carbocycles. The lowest BCUT2D eigenvalue weighted by Gasteiger charge is -1.99. The molecule has 0 saturated heterocycles. The summed E-state index contributed by atoms with van der Waals surface area (Å²) >= 11 is 5.57. The fraction of sp³-hybridized carbons (Fsp3) is 0.250. The van der Waals surface area contributed by atoms with Crippen molar-refractivity contribution in [1.82, 2.24) is 4.98 Å². The van der Waals surface area contributed by atoms with Crippen LogP contribution in [0.4, 0.5) is 0 Å². The maximum atomic E-state index is 10.9. The van der Waals surface area contributed by atoms with E-state index in [0.29, 0.717) is 5.56 Å². The Morgan fingerprint density at radius 3 is 2.85 bits per heavy atom. The van der Waals surface area contributed by atoms with Gasteiger partial charge >= 0.3 is 5.97 Å². The molecule has 1 N–H and O–H groups in total. The van der Waals surface area contributed by atoms with Crippen LogP contribution in [-0.4, -0.2) is 18.1 Å². The number of aromatic nitrogens is 1. The predicted molar refractivity (Wildman–Crippen MR) is 47.8 cm³/mol. The van der Waals surface area contributed by atoms with Crippen molar-refractivity contribution < 1.29 is 9.53 Å². The summed E-state index contributed by atoms with van der Waals surface area (Å²) in [4.78, 5) is 24.1. The Morgan fingerprint density at radius 2 is 2.31 bits per heavy atom. The fourth-order valence-corrected chi connectivity index (χ4v) is 1.14. The topological polar surface area (TPSA) is 59.2 Å². The normalized spacial score (nSPS) is 9.69. The number of H-pyrrole nitrogens is 1. The summed E-state index contributed by atoms with van der Waals surface area (Å²) in [5.74, 6) is -0.401. The van der Waals surface area contributed by atoms with Gasteiger partial charge < -0.3 is 9.72 Å². The Kier molecular flexibility index (Phi) is 3.08. The molecule has 4 nitrogen and oxygen atoms in total. The van der Waals surface area contributed by atoms with E-state index in [4.69, 9.17) is 11.6 Å². The first-order chi connectivity index (χ1) is 6.11. The first-order valence-electron chi connectivity index (χ1n) is 3.57. The molecule has 1 aromatic heterocycles. The van der Waals surface area contributed by atoms with Gasteiger partial charge in [0.1, 0.15) is 5.15 Å². The lowest BCUT2D eigenvalue weighted by Crippen LogP contribution is -2.10. The van der Waals surface area contributed by atoms with Gasteiger partial charge in [-0.1, -0.05) is 11.6 Å². The second-order valence-corrected chi connectivity index (χ2v) is 2.86. The van der Waals surface area contributed by atoms with Crippen LogP contribution >= 0.6 is 11.6 Å². The summed E-state index contributed by atoms with van der Waals surface area (Å²) < 4.78 is 4.44. The van der Waals surface area contributed by atoms with Gasteiger partial charge in [-0.25, -0.2) is 0 Å². The number of hydrogen-bond acceptors (Lipinski definition) is 3. The van der Waals surface area contributed by atoms with Gasteiger partial charge in [-0.3, -0.25) is 9.59 Å². The largest absolute Gasteiger partial charge is 0.469 e. The van der Waals surface area contributed by atoms with Gasteiger partial charge in [0.15, 0.2) is 0 Å². The first kappa shape index (κ1) is 9.80. The zero-order chi connectivity index (χ0) is 9.84. The van der Waals surface area contributed by atoms with Crippen LogP contribution < -0.4 is 5.56 Å². The molecular formula is C8H8ClNO3. The molecule has 0 radical (unpaired) electrons. The number of esters is 1. The molecule has 70 valence electrons. The molecule has 0 unspecified atom stereocenters. The van der Waals surface area contributed by atoms with E-state index in [1.165, 1.54) is 19.2 Å². The summed E-state index contributed by atoms with van der Waals surface area (Å²) in [5, 5.41) is 0.214. The first-order valence-corrected chi connectivity index (χ1v) is 3.95. The van der Waals surface area contributed by atoms with E-state index >= 15 is 0 Å². The number of pyridine rings is 1. The van der Waals surface area contributed by atoms with E-state index in [-0.39, 0.29) is 17.1 Å². The van der Waals surface area contributed by atoms with Crippen LogP contribution in [0, 0.1) is 0 Å². The van der Waals surface area contributed by atoms with Crippen molar-refractivity contribution in [1.29, 1.82) is 0 Å². The van der Waals surface area contributed by atoms with Crippen LogP contribution in [0.5, 0.6) is 0 Å². The monoisotopic (exact) mass is 201 g/mol. The summed E-state index contributed by atoms with van der Waals surface area (Å²) in [6.45, 7) is 0. The molecule has 1 heterocycles. The molecule has 0 aliphatic rings. The van der Waals surface area contributed by atoms with Crippen molar-refractivity contribution in [2.75, 3.05) is 7.11 Å². The Hall–Kier alpha value is -1.29. The number of carbonyl (C=O) groups excluding carboxylic acids is 1. The highest BCUT2D eigenvalue weighted by molar-refractivity contribution is 6.29. The highest BCUT2D eigenvalue weighted by Crippen LogP contribution is 2.05. The fourth-order valence-electron chi connectivity index (χ4n) is 0.904. The molecule has 13 heavy (non-hydrogen) atoms. The summed E-state index contributed by atoms with van der Waals surface area (Å²) in [6, 6.07) is 2.82. The Balaban J connectivity index is 2.89. The summed E-state index contributed by atoms with van der Waals surface area (Å²) in [7, 11) is 1.29. The minimum atomic E-state index is -0.401. The van der Waals surface area contributed by atoms with E-state index in [1.54, 1.807) is 0 Å². The van der Waals surface area contributed by atoms with Crippen molar-refractivity contribution in [3.05, 3.63) is 33.2 Å². The Bertz CT molecular complexity index is 372. The van der Waals surface area contributed by atoms with Crippen LogP contribution in [0.2, 0.25) is 5.15 Å². The van der Waals surface area contributed by atoms with Crippen molar-refractivity contribution in [3.63, 3.8) is 0 Å². The second kappa shape index (κ2) is 4.09. The predicted octanol–water partition coefficient (Wildman–Crippen LogP) is 0.744. The number of aromatic amines is 1. The number of ether oxygens (including phenoxy) is 1. The van der Waals surface area contributed by atoms with Crippen LogP contribution in [0.1, 0.15) is 5.56 Å². The highest BCUT2D eigenvalue weighted by atomic mass is 35.5. The minimum Gasteiger partial charge on any atom is -0.469 e. The highest BCUT2D eigenvalue weighted by Gasteiger charge is 2.04. The van der Waals surface area contributed by atoms with Crippen molar-refractivity contribution in [2.45, 2.75) is 6.42 Å². The molecule has 0 aliphatic heterocycles. The molecule has 0 spiro atoms. The number of rotatable bonds is 2. The van der Waals surface area contributed by atoms with Gasteiger partial charge in [-0.05, 0) is 11.6 Å². The molecule has 0 amide bonds. The van der Waals surface area contributed by atoms with Gasteiger partial charge in [0.2, 0.25) is 5.56 Å². The minimum absolute atomic E-state index is 0.0557. The van der Waals surface area contributed by atoms with Crippen LogP contribution in [0.3, 0.4) is 0 Å². The van der Waals surface area contributed by atoms with Gasteiger partial charge in [-0.15, -0.1) is 0 Å². The molecule has 0 saturated carbocycles. The lowest BCUT2D eigenvalue weighted by atomic mass is 10.2. The number of nitrogens with one attached hydrogen (secondary N) is 1. The third-order valence-corrected chi connectivity index (χ3v) is 1.65. The maximum Gasteiger partial charge on any atom is 0.309 e. The summed E-state index contributed by atoms with van der Waals surface area (Å²) in [6.07, 6.45) is 0.0557. The molecule has 0 aromatic carbocycles. The van der Waals surface area contributed by atoms with Crippen molar-refractivity contribution in [3.8, 4) is 0 Å². The zero-order valence-corrected chi connectivity index (χ0v) is 7.72. The molecule has 0 fully saturated rings. The van der Waals surface area contributed by atoms with E-state index in [1.807, 2.05) is 0 Å². The average Bonchev–Trinajstić information content (AvgIpc) is 2.02.